The molecule has 1 saturated heterocycles. The number of amides is 1. The Hall–Kier alpha value is -2.77. The number of ether oxygens (including phenoxy) is 3. The van der Waals surface area contributed by atoms with E-state index in [1.807, 2.05) is 58.0 Å². The van der Waals surface area contributed by atoms with Gasteiger partial charge in [0.05, 0.1) is 13.2 Å². The molecule has 0 saturated carbocycles. The van der Waals surface area contributed by atoms with Gasteiger partial charge in [-0.2, -0.15) is 0 Å². The van der Waals surface area contributed by atoms with Gasteiger partial charge in [-0.1, -0.05) is 90.9 Å². The summed E-state index contributed by atoms with van der Waals surface area (Å²) >= 11 is 5.54. The van der Waals surface area contributed by atoms with Crippen LogP contribution in [0.4, 0.5) is 0 Å². The van der Waals surface area contributed by atoms with Gasteiger partial charge in [0.15, 0.2) is 11.6 Å². The van der Waals surface area contributed by atoms with Crippen LogP contribution >= 0.6 is 12.2 Å². The minimum Gasteiger partial charge on any atom is -0.464 e. The number of benzene rings is 2. The predicted molar refractivity (Wildman–Crippen MR) is 160 cm³/mol. The maximum atomic E-state index is 13.4. The lowest BCUT2D eigenvalue weighted by atomic mass is 9.76. The van der Waals surface area contributed by atoms with Crippen molar-refractivity contribution in [1.29, 1.82) is 0 Å². The summed E-state index contributed by atoms with van der Waals surface area (Å²) in [5.74, 6) is -0.757. The first kappa shape index (κ1) is 32.4. The second-order valence-corrected chi connectivity index (χ2v) is 11.4. The number of nitrogens with zero attached hydrogens (tertiary/aromatic N) is 1. The Balaban J connectivity index is 0.00000260. The Kier molecular flexibility index (Phi) is 11.3. The lowest BCUT2D eigenvalue weighted by Crippen LogP contribution is -2.51. The van der Waals surface area contributed by atoms with Crippen LogP contribution in [0.15, 0.2) is 42.5 Å². The van der Waals surface area contributed by atoms with E-state index in [0.717, 1.165) is 27.8 Å². The molecule has 1 aliphatic heterocycles. The van der Waals surface area contributed by atoms with Crippen LogP contribution in [0.3, 0.4) is 0 Å². The number of hydrogen-bond acceptors (Lipinski definition) is 6. The molecule has 0 spiro atoms. The van der Waals surface area contributed by atoms with E-state index in [4.69, 9.17) is 26.4 Å². The van der Waals surface area contributed by atoms with E-state index in [-0.39, 0.29) is 36.3 Å². The molecule has 0 aliphatic carbocycles. The van der Waals surface area contributed by atoms with Crippen molar-refractivity contribution in [3.63, 3.8) is 0 Å². The minimum absolute atomic E-state index is 0.0551. The van der Waals surface area contributed by atoms with Gasteiger partial charge in [0.1, 0.15) is 6.61 Å². The van der Waals surface area contributed by atoms with E-state index in [1.54, 1.807) is 6.92 Å². The molecule has 0 N–H and O–H groups in total. The largest absolute Gasteiger partial charge is 0.464 e. The van der Waals surface area contributed by atoms with Gasteiger partial charge in [-0.25, -0.2) is 4.79 Å². The van der Waals surface area contributed by atoms with Crippen molar-refractivity contribution in [2.45, 2.75) is 98.8 Å². The number of thiocarbonyl (C=S) groups is 1. The third-order valence-corrected chi connectivity index (χ3v) is 7.14. The zero-order valence-corrected chi connectivity index (χ0v) is 26.0. The van der Waals surface area contributed by atoms with Gasteiger partial charge in [0.25, 0.3) is 11.1 Å². The predicted octanol–water partition coefficient (Wildman–Crippen LogP) is 6.95. The Bertz CT molecular complexity index is 1160. The first-order valence-corrected chi connectivity index (χ1v) is 14.2. The van der Waals surface area contributed by atoms with Gasteiger partial charge in [-0.3, -0.25) is 9.69 Å². The monoisotopic (exact) mass is 555 g/mol. The zero-order chi connectivity index (χ0) is 29.5. The fraction of sp³-hybridized carbons (Fsp3) is 0.531. The summed E-state index contributed by atoms with van der Waals surface area (Å²) in [5, 5.41) is -0.0551. The molecular formula is C32H45NO5S. The summed E-state index contributed by atoms with van der Waals surface area (Å²) in [7, 11) is 0. The molecule has 1 aliphatic rings. The highest BCUT2D eigenvalue weighted by Crippen LogP contribution is 2.44. The van der Waals surface area contributed by atoms with Crippen LogP contribution in [0.25, 0.3) is 0 Å². The van der Waals surface area contributed by atoms with E-state index in [2.05, 4.69) is 46.8 Å². The highest BCUT2D eigenvalue weighted by Gasteiger charge is 2.57. The van der Waals surface area contributed by atoms with Crippen molar-refractivity contribution in [2.24, 2.45) is 0 Å². The molecule has 1 fully saturated rings. The van der Waals surface area contributed by atoms with E-state index in [1.165, 1.54) is 4.90 Å². The molecule has 39 heavy (non-hydrogen) atoms. The van der Waals surface area contributed by atoms with Gasteiger partial charge in [0.2, 0.25) is 0 Å². The van der Waals surface area contributed by atoms with Crippen LogP contribution in [0.5, 0.6) is 0 Å². The normalized spacial score (nSPS) is 18.9. The summed E-state index contributed by atoms with van der Waals surface area (Å²) in [6.07, 6.45) is 0. The van der Waals surface area contributed by atoms with Crippen molar-refractivity contribution in [2.75, 3.05) is 13.2 Å². The van der Waals surface area contributed by atoms with Crippen LogP contribution < -0.4 is 0 Å². The molecule has 0 bridgehead atoms. The Labute approximate surface area is 240 Å². The molecule has 214 valence electrons. The third kappa shape index (κ3) is 7.25. The molecule has 2 unspecified atom stereocenters. The number of hydrogen-bond donors (Lipinski definition) is 0. The van der Waals surface area contributed by atoms with Crippen LogP contribution in [-0.2, 0) is 41.4 Å². The average molecular weight is 556 g/mol. The summed E-state index contributed by atoms with van der Waals surface area (Å²) in [4.78, 5) is 28.0. The van der Waals surface area contributed by atoms with Gasteiger partial charge in [-0.05, 0) is 66.6 Å². The second kappa shape index (κ2) is 13.5. The lowest BCUT2D eigenvalue weighted by molar-refractivity contribution is -0.156. The smallest absolute Gasteiger partial charge is 0.333 e. The maximum Gasteiger partial charge on any atom is 0.333 e. The summed E-state index contributed by atoms with van der Waals surface area (Å²) in [5.41, 5.74) is 3.69. The molecule has 0 radical (unpaired) electrons. The number of carbonyl (C=O) groups is 2. The lowest BCUT2D eigenvalue weighted by Gasteiger charge is -2.34. The SMILES string of the molecule is CC.CCOC(=O)C1N(C(=O)COCc2ccccc2)C(=S)OC1(C)c1cc(C(C)(C)C)cc(C(C)C)c1C. The first-order chi connectivity index (χ1) is 18.3. The highest BCUT2D eigenvalue weighted by atomic mass is 32.1. The Morgan fingerprint density at radius 3 is 2.28 bits per heavy atom. The van der Waals surface area contributed by atoms with Crippen molar-refractivity contribution in [1.82, 2.24) is 4.90 Å². The molecule has 6 nitrogen and oxygen atoms in total. The van der Waals surface area contributed by atoms with Gasteiger partial charge < -0.3 is 14.2 Å². The van der Waals surface area contributed by atoms with Crippen LogP contribution in [-0.4, -0.2) is 41.2 Å². The van der Waals surface area contributed by atoms with Gasteiger partial charge >= 0.3 is 5.97 Å². The van der Waals surface area contributed by atoms with Gasteiger partial charge in [0, 0.05) is 5.56 Å². The minimum atomic E-state index is -1.23. The second-order valence-electron chi connectivity index (χ2n) is 11.0. The molecule has 1 heterocycles. The van der Waals surface area contributed by atoms with Crippen LogP contribution in [0, 0.1) is 6.92 Å². The maximum absolute atomic E-state index is 13.4. The van der Waals surface area contributed by atoms with E-state index in [0.29, 0.717) is 0 Å². The summed E-state index contributed by atoms with van der Waals surface area (Å²) < 4.78 is 17.4. The van der Waals surface area contributed by atoms with Crippen LogP contribution in [0.2, 0.25) is 0 Å². The van der Waals surface area contributed by atoms with Crippen molar-refractivity contribution in [3.05, 3.63) is 70.3 Å². The zero-order valence-electron chi connectivity index (χ0n) is 25.2. The number of rotatable bonds is 8. The molecule has 0 aromatic heterocycles. The third-order valence-electron chi connectivity index (χ3n) is 6.86. The molecule has 3 rings (SSSR count). The standard InChI is InChI=1S/C30H39NO5S.C2H6/c1-9-35-27(33)26-30(8,24-16-22(29(5,6)7)15-23(19(2)3)20(24)4)36-28(37)31(26)25(32)18-34-17-21-13-11-10-12-14-21;1-2/h10-16,19,26H,9,17-18H2,1-8H3;1-2H3. The molecule has 2 atom stereocenters. The van der Waals surface area contributed by atoms with Gasteiger partial charge in [-0.15, -0.1) is 0 Å². The van der Waals surface area contributed by atoms with Crippen LogP contribution in [0.1, 0.15) is 96.0 Å². The molecule has 2 aromatic rings. The fourth-order valence-corrected chi connectivity index (χ4v) is 5.20. The first-order valence-electron chi connectivity index (χ1n) is 13.8. The number of carbonyl (C=O) groups excluding carboxylic acids is 2. The molecule has 2 aromatic carbocycles. The quantitative estimate of drug-likeness (QED) is 0.259. The van der Waals surface area contributed by atoms with Crippen molar-refractivity contribution < 1.29 is 23.8 Å². The highest BCUT2D eigenvalue weighted by molar-refractivity contribution is 7.80. The molecule has 7 heteroatoms. The van der Waals surface area contributed by atoms with E-state index in [9.17, 15) is 9.59 Å². The Morgan fingerprint density at radius 2 is 1.74 bits per heavy atom. The fourth-order valence-electron chi connectivity index (χ4n) is 4.82. The molecular weight excluding hydrogens is 510 g/mol. The summed E-state index contributed by atoms with van der Waals surface area (Å²) in [6.45, 7) is 20.5. The average Bonchev–Trinajstić information content (AvgIpc) is 3.16. The number of esters is 1. The molecule has 1 amide bonds. The van der Waals surface area contributed by atoms with E-state index < -0.39 is 23.5 Å². The van der Waals surface area contributed by atoms with Crippen molar-refractivity contribution >= 4 is 29.3 Å². The topological polar surface area (TPSA) is 65.1 Å². The van der Waals surface area contributed by atoms with E-state index >= 15 is 0 Å². The van der Waals surface area contributed by atoms with Crippen molar-refractivity contribution in [3.8, 4) is 0 Å². The Morgan fingerprint density at radius 1 is 1.13 bits per heavy atom. The summed E-state index contributed by atoms with van der Waals surface area (Å²) in [6, 6.07) is 12.8.